The number of hydrogen-bond donors (Lipinski definition) is 1. The fourth-order valence-electron chi connectivity index (χ4n) is 2.78. The number of benzene rings is 2. The number of aromatic nitrogens is 1. The number of aryl methyl sites for hydroxylation is 1. The van der Waals surface area contributed by atoms with Crippen molar-refractivity contribution in [1.82, 2.24) is 4.98 Å². The van der Waals surface area contributed by atoms with Crippen molar-refractivity contribution in [3.63, 3.8) is 0 Å². The highest BCUT2D eigenvalue weighted by atomic mass is 16.5. The van der Waals surface area contributed by atoms with Gasteiger partial charge in [0.15, 0.2) is 0 Å². The van der Waals surface area contributed by atoms with Crippen LogP contribution in [0.1, 0.15) is 21.5 Å². The van der Waals surface area contributed by atoms with E-state index in [1.165, 1.54) is 0 Å². The smallest absolute Gasteiger partial charge is 0.336 e. The molecular formula is C19H17NO3. The number of fused-ring (bicyclic) bond motifs is 1. The van der Waals surface area contributed by atoms with Crippen molar-refractivity contribution in [2.45, 2.75) is 13.8 Å². The Kier molecular flexibility index (Phi) is 3.74. The minimum atomic E-state index is -0.935. The third-order valence-corrected chi connectivity index (χ3v) is 3.96. The van der Waals surface area contributed by atoms with Crippen LogP contribution < -0.4 is 4.74 Å². The average Bonchev–Trinajstić information content (AvgIpc) is 2.54. The predicted molar refractivity (Wildman–Crippen MR) is 90.2 cm³/mol. The van der Waals surface area contributed by atoms with Crippen molar-refractivity contribution in [2.24, 2.45) is 0 Å². The van der Waals surface area contributed by atoms with Crippen LogP contribution in [0.4, 0.5) is 0 Å². The van der Waals surface area contributed by atoms with Gasteiger partial charge in [-0.25, -0.2) is 9.78 Å². The Morgan fingerprint density at radius 2 is 1.78 bits per heavy atom. The van der Waals surface area contributed by atoms with Gasteiger partial charge < -0.3 is 9.84 Å². The van der Waals surface area contributed by atoms with E-state index in [1.807, 2.05) is 49.4 Å². The quantitative estimate of drug-likeness (QED) is 0.787. The summed E-state index contributed by atoms with van der Waals surface area (Å²) in [6.45, 7) is 3.75. The average molecular weight is 307 g/mol. The number of aromatic carboxylic acids is 1. The van der Waals surface area contributed by atoms with Crippen molar-refractivity contribution < 1.29 is 14.6 Å². The molecule has 0 saturated carbocycles. The minimum absolute atomic E-state index is 0.310. The van der Waals surface area contributed by atoms with Gasteiger partial charge in [0, 0.05) is 10.9 Å². The Morgan fingerprint density at radius 1 is 1.09 bits per heavy atom. The van der Waals surface area contributed by atoms with Gasteiger partial charge in [-0.05, 0) is 55.8 Å². The number of carboxylic acids is 1. The number of rotatable bonds is 3. The maximum absolute atomic E-state index is 11.8. The molecule has 0 radical (unpaired) electrons. The van der Waals surface area contributed by atoms with Gasteiger partial charge in [-0.2, -0.15) is 0 Å². The van der Waals surface area contributed by atoms with E-state index in [2.05, 4.69) is 4.98 Å². The molecule has 2 aromatic carbocycles. The molecule has 0 aliphatic carbocycles. The van der Waals surface area contributed by atoms with Crippen molar-refractivity contribution in [3.8, 4) is 17.0 Å². The normalized spacial score (nSPS) is 10.7. The van der Waals surface area contributed by atoms with Crippen LogP contribution in [0, 0.1) is 13.8 Å². The minimum Gasteiger partial charge on any atom is -0.497 e. The molecule has 0 atom stereocenters. The second-order valence-electron chi connectivity index (χ2n) is 5.51. The Bertz CT molecular complexity index is 899. The molecule has 0 spiro atoms. The lowest BCUT2D eigenvalue weighted by Crippen LogP contribution is -2.05. The standard InChI is InChI=1S/C19H17NO3/c1-11-4-9-16-15(10-11)17(19(21)22)12(2)18(20-16)13-5-7-14(23-3)8-6-13/h4-10H,1-3H3,(H,21,22). The van der Waals surface area contributed by atoms with Crippen LogP contribution in [0.15, 0.2) is 42.5 Å². The summed E-state index contributed by atoms with van der Waals surface area (Å²) in [4.78, 5) is 16.5. The van der Waals surface area contributed by atoms with E-state index in [1.54, 1.807) is 14.0 Å². The molecule has 116 valence electrons. The van der Waals surface area contributed by atoms with Gasteiger partial charge in [0.1, 0.15) is 5.75 Å². The van der Waals surface area contributed by atoms with Crippen LogP contribution in [-0.2, 0) is 0 Å². The highest BCUT2D eigenvalue weighted by molar-refractivity contribution is 6.05. The van der Waals surface area contributed by atoms with Crippen LogP contribution in [0.5, 0.6) is 5.75 Å². The molecule has 0 aliphatic heterocycles. The summed E-state index contributed by atoms with van der Waals surface area (Å²) in [7, 11) is 1.61. The van der Waals surface area contributed by atoms with Gasteiger partial charge in [-0.15, -0.1) is 0 Å². The lowest BCUT2D eigenvalue weighted by Gasteiger charge is -2.13. The maximum atomic E-state index is 11.8. The Morgan fingerprint density at radius 3 is 2.39 bits per heavy atom. The molecule has 1 aromatic heterocycles. The zero-order valence-electron chi connectivity index (χ0n) is 13.3. The molecule has 4 nitrogen and oxygen atoms in total. The van der Waals surface area contributed by atoms with Gasteiger partial charge in [0.25, 0.3) is 0 Å². The number of pyridine rings is 1. The number of nitrogens with zero attached hydrogens (tertiary/aromatic N) is 1. The third kappa shape index (κ3) is 2.63. The summed E-state index contributed by atoms with van der Waals surface area (Å²) in [6, 6.07) is 13.1. The first-order valence-corrected chi connectivity index (χ1v) is 7.30. The molecule has 0 unspecified atom stereocenters. The molecular weight excluding hydrogens is 290 g/mol. The highest BCUT2D eigenvalue weighted by Gasteiger charge is 2.18. The molecule has 1 heterocycles. The van der Waals surface area contributed by atoms with Gasteiger partial charge in [0.2, 0.25) is 0 Å². The third-order valence-electron chi connectivity index (χ3n) is 3.96. The second-order valence-corrected chi connectivity index (χ2v) is 5.51. The lowest BCUT2D eigenvalue weighted by atomic mass is 9.97. The van der Waals surface area contributed by atoms with Crippen LogP contribution in [0.3, 0.4) is 0 Å². The first-order chi connectivity index (χ1) is 11.0. The van der Waals surface area contributed by atoms with Crippen molar-refractivity contribution in [3.05, 3.63) is 59.2 Å². The van der Waals surface area contributed by atoms with Gasteiger partial charge in [-0.1, -0.05) is 11.6 Å². The van der Waals surface area contributed by atoms with E-state index in [9.17, 15) is 9.90 Å². The van der Waals surface area contributed by atoms with Crippen molar-refractivity contribution in [1.29, 1.82) is 0 Å². The van der Waals surface area contributed by atoms with E-state index in [0.717, 1.165) is 16.9 Å². The van der Waals surface area contributed by atoms with Crippen LogP contribution in [0.25, 0.3) is 22.2 Å². The first-order valence-electron chi connectivity index (χ1n) is 7.30. The molecule has 1 N–H and O–H groups in total. The molecule has 3 rings (SSSR count). The lowest BCUT2D eigenvalue weighted by molar-refractivity contribution is 0.0698. The summed E-state index contributed by atoms with van der Waals surface area (Å²) in [6.07, 6.45) is 0. The zero-order valence-corrected chi connectivity index (χ0v) is 13.3. The fraction of sp³-hybridized carbons (Fsp3) is 0.158. The Balaban J connectivity index is 2.30. The summed E-state index contributed by atoms with van der Waals surface area (Å²) in [5.74, 6) is -0.184. The largest absolute Gasteiger partial charge is 0.497 e. The summed E-state index contributed by atoms with van der Waals surface area (Å²) in [5, 5.41) is 10.3. The van der Waals surface area contributed by atoms with E-state index in [0.29, 0.717) is 27.7 Å². The summed E-state index contributed by atoms with van der Waals surface area (Å²) in [5.41, 5.74) is 4.22. The molecule has 0 bridgehead atoms. The molecule has 3 aromatic rings. The molecule has 23 heavy (non-hydrogen) atoms. The fourth-order valence-corrected chi connectivity index (χ4v) is 2.78. The van der Waals surface area contributed by atoms with E-state index >= 15 is 0 Å². The number of carboxylic acid groups (broad SMARTS) is 1. The van der Waals surface area contributed by atoms with Crippen LogP contribution in [0.2, 0.25) is 0 Å². The molecule has 4 heteroatoms. The molecule has 0 fully saturated rings. The van der Waals surface area contributed by atoms with Crippen LogP contribution in [-0.4, -0.2) is 23.2 Å². The van der Waals surface area contributed by atoms with Gasteiger partial charge in [0.05, 0.1) is 23.9 Å². The van der Waals surface area contributed by atoms with Gasteiger partial charge >= 0.3 is 5.97 Å². The SMILES string of the molecule is COc1ccc(-c2nc3ccc(C)cc3c(C(=O)O)c2C)cc1. The summed E-state index contributed by atoms with van der Waals surface area (Å²) < 4.78 is 5.17. The highest BCUT2D eigenvalue weighted by Crippen LogP contribution is 2.31. The van der Waals surface area contributed by atoms with Crippen molar-refractivity contribution in [2.75, 3.05) is 7.11 Å². The van der Waals surface area contributed by atoms with Crippen molar-refractivity contribution >= 4 is 16.9 Å². The topological polar surface area (TPSA) is 59.4 Å². The number of ether oxygens (including phenoxy) is 1. The molecule has 0 saturated heterocycles. The Hall–Kier alpha value is -2.88. The summed E-state index contributed by atoms with van der Waals surface area (Å²) >= 11 is 0. The maximum Gasteiger partial charge on any atom is 0.336 e. The predicted octanol–water partition coefficient (Wildman–Crippen LogP) is 4.23. The van der Waals surface area contributed by atoms with E-state index in [4.69, 9.17) is 4.74 Å². The number of methoxy groups -OCH3 is 1. The van der Waals surface area contributed by atoms with E-state index < -0.39 is 5.97 Å². The molecule has 0 amide bonds. The van der Waals surface area contributed by atoms with Crippen LogP contribution >= 0.6 is 0 Å². The van der Waals surface area contributed by atoms with Gasteiger partial charge in [-0.3, -0.25) is 0 Å². The number of hydrogen-bond acceptors (Lipinski definition) is 3. The Labute approximate surface area is 134 Å². The second kappa shape index (κ2) is 5.72. The monoisotopic (exact) mass is 307 g/mol. The zero-order chi connectivity index (χ0) is 16.6. The first kappa shape index (κ1) is 15.0. The van der Waals surface area contributed by atoms with E-state index in [-0.39, 0.29) is 0 Å². The number of carbonyl (C=O) groups is 1. The molecule has 0 aliphatic rings.